The largest absolute Gasteiger partial charge is 0.460 e. The van der Waals surface area contributed by atoms with Crippen molar-refractivity contribution in [2.45, 2.75) is 82.2 Å². The van der Waals surface area contributed by atoms with Crippen LogP contribution in [0.3, 0.4) is 0 Å². The van der Waals surface area contributed by atoms with Gasteiger partial charge in [-0.3, -0.25) is 0 Å². The van der Waals surface area contributed by atoms with E-state index in [2.05, 4.69) is 6.92 Å². The molecule has 182 valence electrons. The Bertz CT molecular complexity index is 874. The van der Waals surface area contributed by atoms with Gasteiger partial charge in [-0.05, 0) is 54.2 Å². The molecule has 0 heterocycles. The normalized spacial score (nSPS) is 20.1. The van der Waals surface area contributed by atoms with Gasteiger partial charge < -0.3 is 0 Å². The standard InChI is InChI=1S/C26H29F7/c1-2-3-4-5-18-6-8-19(9-7-18)20-10-12-21(13-11-20)22-14-16-23(17-15-22)24(27,28)25(29,30)26(31,32)33/h10-19H,2-9H2,1H3. The van der Waals surface area contributed by atoms with Gasteiger partial charge in [0.2, 0.25) is 0 Å². The molecule has 0 aliphatic heterocycles. The van der Waals surface area contributed by atoms with E-state index >= 15 is 0 Å². The molecule has 3 rings (SSSR count). The van der Waals surface area contributed by atoms with Gasteiger partial charge in [0.1, 0.15) is 0 Å². The first-order valence-electron chi connectivity index (χ1n) is 11.5. The van der Waals surface area contributed by atoms with Crippen molar-refractivity contribution in [3.63, 3.8) is 0 Å². The molecular weight excluding hydrogens is 445 g/mol. The Labute approximate surface area is 190 Å². The molecule has 0 bridgehead atoms. The summed E-state index contributed by atoms with van der Waals surface area (Å²) in [6.45, 7) is 2.20. The highest BCUT2D eigenvalue weighted by Crippen LogP contribution is 2.51. The second-order valence-electron chi connectivity index (χ2n) is 9.06. The molecule has 0 unspecified atom stereocenters. The second-order valence-corrected chi connectivity index (χ2v) is 9.06. The van der Waals surface area contributed by atoms with Gasteiger partial charge in [0.15, 0.2) is 0 Å². The van der Waals surface area contributed by atoms with Crippen LogP contribution in [0, 0.1) is 5.92 Å². The van der Waals surface area contributed by atoms with Crippen LogP contribution in [-0.4, -0.2) is 12.1 Å². The van der Waals surface area contributed by atoms with Crippen LogP contribution in [0.25, 0.3) is 11.1 Å². The van der Waals surface area contributed by atoms with Gasteiger partial charge in [-0.15, -0.1) is 0 Å². The molecule has 1 aliphatic rings. The first-order valence-corrected chi connectivity index (χ1v) is 11.5. The molecule has 1 aliphatic carbocycles. The molecule has 0 atom stereocenters. The topological polar surface area (TPSA) is 0 Å². The monoisotopic (exact) mass is 474 g/mol. The zero-order valence-corrected chi connectivity index (χ0v) is 18.6. The highest BCUT2D eigenvalue weighted by molar-refractivity contribution is 5.64. The Morgan fingerprint density at radius 1 is 0.697 bits per heavy atom. The first kappa shape index (κ1) is 25.6. The summed E-state index contributed by atoms with van der Waals surface area (Å²) in [5.41, 5.74) is 0.986. The quantitative estimate of drug-likeness (QED) is 0.264. The molecule has 0 spiro atoms. The van der Waals surface area contributed by atoms with Crippen molar-refractivity contribution in [3.8, 4) is 11.1 Å². The fourth-order valence-corrected chi connectivity index (χ4v) is 4.65. The predicted octanol–water partition coefficient (Wildman–Crippen LogP) is 9.50. The average molecular weight is 475 g/mol. The first-order chi connectivity index (χ1) is 15.5. The van der Waals surface area contributed by atoms with Crippen molar-refractivity contribution in [2.24, 2.45) is 5.92 Å². The van der Waals surface area contributed by atoms with Gasteiger partial charge in [0, 0.05) is 5.56 Å². The van der Waals surface area contributed by atoms with Gasteiger partial charge in [0.25, 0.3) is 0 Å². The Hall–Kier alpha value is -2.05. The van der Waals surface area contributed by atoms with E-state index in [0.29, 0.717) is 29.2 Å². The van der Waals surface area contributed by atoms with Crippen molar-refractivity contribution in [2.75, 3.05) is 0 Å². The third-order valence-corrected chi connectivity index (χ3v) is 6.78. The van der Waals surface area contributed by atoms with E-state index in [1.807, 2.05) is 24.3 Å². The van der Waals surface area contributed by atoms with Gasteiger partial charge in [-0.2, -0.15) is 30.7 Å². The highest BCUT2D eigenvalue weighted by atomic mass is 19.4. The molecular formula is C26H29F7. The second kappa shape index (κ2) is 10.1. The minimum atomic E-state index is -6.35. The van der Waals surface area contributed by atoms with Crippen molar-refractivity contribution in [3.05, 3.63) is 59.7 Å². The van der Waals surface area contributed by atoms with E-state index in [1.165, 1.54) is 44.1 Å². The number of unbranched alkanes of at least 4 members (excludes halogenated alkanes) is 2. The Kier molecular flexibility index (Phi) is 7.80. The zero-order chi connectivity index (χ0) is 24.3. The van der Waals surface area contributed by atoms with Gasteiger partial charge in [-0.25, -0.2) is 0 Å². The summed E-state index contributed by atoms with van der Waals surface area (Å²) in [5.74, 6) is -10.2. The van der Waals surface area contributed by atoms with Gasteiger partial charge in [-0.1, -0.05) is 81.1 Å². The van der Waals surface area contributed by atoms with Gasteiger partial charge in [0.05, 0.1) is 0 Å². The van der Waals surface area contributed by atoms with Crippen molar-refractivity contribution in [1.29, 1.82) is 0 Å². The lowest BCUT2D eigenvalue weighted by Gasteiger charge is -2.29. The molecule has 2 aromatic carbocycles. The highest BCUT2D eigenvalue weighted by Gasteiger charge is 2.73. The zero-order valence-electron chi connectivity index (χ0n) is 18.6. The summed E-state index contributed by atoms with van der Waals surface area (Å²) in [7, 11) is 0. The SMILES string of the molecule is CCCCCC1CCC(c2ccc(-c3ccc(C(F)(F)C(F)(F)C(F)(F)F)cc3)cc2)CC1. The smallest absolute Gasteiger partial charge is 0.194 e. The maximum absolute atomic E-state index is 13.9. The summed E-state index contributed by atoms with van der Waals surface area (Å²) in [6, 6.07) is 11.2. The number of hydrogen-bond donors (Lipinski definition) is 0. The van der Waals surface area contributed by atoms with E-state index in [-0.39, 0.29) is 0 Å². The summed E-state index contributed by atoms with van der Waals surface area (Å²) in [4.78, 5) is 0. The molecule has 0 radical (unpaired) electrons. The third-order valence-electron chi connectivity index (χ3n) is 6.78. The maximum Gasteiger partial charge on any atom is 0.460 e. The molecule has 0 aromatic heterocycles. The Morgan fingerprint density at radius 3 is 1.70 bits per heavy atom. The van der Waals surface area contributed by atoms with Crippen LogP contribution in [0.5, 0.6) is 0 Å². The minimum absolute atomic E-state index is 0.469. The van der Waals surface area contributed by atoms with Crippen LogP contribution in [0.2, 0.25) is 0 Å². The summed E-state index contributed by atoms with van der Waals surface area (Å²) in [5, 5.41) is 0. The number of hydrogen-bond acceptors (Lipinski definition) is 0. The Morgan fingerprint density at radius 2 is 1.21 bits per heavy atom. The lowest BCUT2D eigenvalue weighted by Crippen LogP contribution is -2.49. The molecule has 0 nitrogen and oxygen atoms in total. The van der Waals surface area contributed by atoms with Crippen LogP contribution < -0.4 is 0 Å². The number of alkyl halides is 7. The van der Waals surface area contributed by atoms with Crippen molar-refractivity contribution in [1.82, 2.24) is 0 Å². The van der Waals surface area contributed by atoms with E-state index in [9.17, 15) is 30.7 Å². The van der Waals surface area contributed by atoms with E-state index in [1.54, 1.807) is 0 Å². The predicted molar refractivity (Wildman–Crippen MR) is 116 cm³/mol. The van der Waals surface area contributed by atoms with Crippen LogP contribution in [0.1, 0.15) is 75.3 Å². The molecule has 1 fully saturated rings. The third kappa shape index (κ3) is 5.55. The molecule has 2 aromatic rings. The molecule has 0 N–H and O–H groups in total. The molecule has 0 saturated heterocycles. The average Bonchev–Trinajstić information content (AvgIpc) is 2.79. The van der Waals surface area contributed by atoms with Crippen LogP contribution in [0.4, 0.5) is 30.7 Å². The van der Waals surface area contributed by atoms with E-state index < -0.39 is 23.6 Å². The number of benzene rings is 2. The fourth-order valence-electron chi connectivity index (χ4n) is 4.65. The summed E-state index contributed by atoms with van der Waals surface area (Å²) >= 11 is 0. The maximum atomic E-state index is 13.9. The molecule has 7 heteroatoms. The molecule has 1 saturated carbocycles. The van der Waals surface area contributed by atoms with Crippen molar-refractivity contribution < 1.29 is 30.7 Å². The summed E-state index contributed by atoms with van der Waals surface area (Å²) < 4.78 is 91.5. The van der Waals surface area contributed by atoms with Gasteiger partial charge >= 0.3 is 18.0 Å². The number of rotatable bonds is 8. The molecule has 0 amide bonds. The molecule has 33 heavy (non-hydrogen) atoms. The van der Waals surface area contributed by atoms with Crippen LogP contribution >= 0.6 is 0 Å². The van der Waals surface area contributed by atoms with Crippen LogP contribution in [-0.2, 0) is 5.92 Å². The van der Waals surface area contributed by atoms with E-state index in [4.69, 9.17) is 0 Å². The number of halogens is 7. The summed E-state index contributed by atoms with van der Waals surface area (Å²) in [6.07, 6.45) is 3.45. The fraction of sp³-hybridized carbons (Fsp3) is 0.538. The lowest BCUT2D eigenvalue weighted by molar-refractivity contribution is -0.359. The van der Waals surface area contributed by atoms with Crippen molar-refractivity contribution >= 4 is 0 Å². The Balaban J connectivity index is 1.65. The van der Waals surface area contributed by atoms with E-state index in [0.717, 1.165) is 30.9 Å². The lowest BCUT2D eigenvalue weighted by atomic mass is 9.77. The minimum Gasteiger partial charge on any atom is -0.194 e. The van der Waals surface area contributed by atoms with Crippen LogP contribution in [0.15, 0.2) is 48.5 Å².